The van der Waals surface area contributed by atoms with Crippen molar-refractivity contribution in [1.29, 1.82) is 0 Å². The van der Waals surface area contributed by atoms with Crippen LogP contribution in [0.1, 0.15) is 12.5 Å². The minimum Gasteiger partial charge on any atom is -0.454 e. The van der Waals surface area contributed by atoms with Gasteiger partial charge < -0.3 is 19.4 Å². The molecule has 1 N–H and O–H groups in total. The number of amides is 1. The van der Waals surface area contributed by atoms with Crippen molar-refractivity contribution in [3.63, 3.8) is 0 Å². The molecular formula is C20H16N2O3. The summed E-state index contributed by atoms with van der Waals surface area (Å²) in [7, 11) is 0. The number of hydrogen-bond donors (Lipinski definition) is 1. The van der Waals surface area contributed by atoms with Crippen molar-refractivity contribution in [3.05, 3.63) is 54.2 Å². The Morgan fingerprint density at radius 1 is 1.16 bits per heavy atom. The molecule has 124 valence electrons. The van der Waals surface area contributed by atoms with Gasteiger partial charge in [-0.1, -0.05) is 5.92 Å². The van der Waals surface area contributed by atoms with Crippen molar-refractivity contribution in [1.82, 2.24) is 4.98 Å². The summed E-state index contributed by atoms with van der Waals surface area (Å²) in [5, 5.41) is 1.06. The number of H-pyrrole nitrogens is 1. The second-order valence-electron chi connectivity index (χ2n) is 5.62. The molecular weight excluding hydrogens is 316 g/mol. The molecule has 0 fully saturated rings. The highest BCUT2D eigenvalue weighted by atomic mass is 16.7. The van der Waals surface area contributed by atoms with Crippen molar-refractivity contribution in [2.45, 2.75) is 6.92 Å². The number of nitrogens with one attached hydrogen (secondary N) is 1. The fourth-order valence-corrected chi connectivity index (χ4v) is 2.82. The van der Waals surface area contributed by atoms with Crippen LogP contribution in [0.4, 0.5) is 5.69 Å². The van der Waals surface area contributed by atoms with E-state index in [1.54, 1.807) is 17.0 Å². The van der Waals surface area contributed by atoms with Crippen molar-refractivity contribution < 1.29 is 14.3 Å². The summed E-state index contributed by atoms with van der Waals surface area (Å²) in [6, 6.07) is 13.2. The van der Waals surface area contributed by atoms with Gasteiger partial charge in [-0.3, -0.25) is 4.79 Å². The van der Waals surface area contributed by atoms with Crippen molar-refractivity contribution in [2.24, 2.45) is 0 Å². The number of benzene rings is 2. The van der Waals surface area contributed by atoms with Gasteiger partial charge in [-0.05, 0) is 49.4 Å². The lowest BCUT2D eigenvalue weighted by atomic mass is 10.2. The van der Waals surface area contributed by atoms with Crippen LogP contribution in [-0.4, -0.2) is 24.2 Å². The number of hydrogen-bond acceptors (Lipinski definition) is 3. The molecule has 0 unspecified atom stereocenters. The number of rotatable bonds is 2. The number of aromatic amines is 1. The summed E-state index contributed by atoms with van der Waals surface area (Å²) in [6.45, 7) is 2.70. The van der Waals surface area contributed by atoms with Crippen LogP contribution in [0.2, 0.25) is 0 Å². The normalized spacial score (nSPS) is 11.9. The molecule has 25 heavy (non-hydrogen) atoms. The van der Waals surface area contributed by atoms with E-state index < -0.39 is 0 Å². The number of carbonyl (C=O) groups is 1. The molecule has 0 saturated heterocycles. The molecule has 0 aliphatic carbocycles. The van der Waals surface area contributed by atoms with Crippen molar-refractivity contribution in [2.75, 3.05) is 18.2 Å². The zero-order valence-corrected chi connectivity index (χ0v) is 13.7. The highest BCUT2D eigenvalue weighted by Crippen LogP contribution is 2.32. The second-order valence-corrected chi connectivity index (χ2v) is 5.62. The Kier molecular flexibility index (Phi) is 3.79. The Labute approximate surface area is 145 Å². The minimum atomic E-state index is -0.241. The first-order valence-corrected chi connectivity index (χ1v) is 8.05. The topological polar surface area (TPSA) is 54.6 Å². The lowest BCUT2D eigenvalue weighted by Crippen LogP contribution is -2.29. The summed E-state index contributed by atoms with van der Waals surface area (Å²) < 4.78 is 10.6. The van der Waals surface area contributed by atoms with Crippen LogP contribution in [-0.2, 0) is 4.79 Å². The molecule has 0 saturated carbocycles. The Hall–Kier alpha value is -3.39. The molecule has 2 heterocycles. The molecule has 1 aliphatic heterocycles. The molecule has 1 aliphatic rings. The van der Waals surface area contributed by atoms with Gasteiger partial charge in [0.05, 0.1) is 0 Å². The third-order valence-corrected chi connectivity index (χ3v) is 4.10. The van der Waals surface area contributed by atoms with Gasteiger partial charge in [0.2, 0.25) is 6.79 Å². The van der Waals surface area contributed by atoms with Gasteiger partial charge in [0, 0.05) is 40.8 Å². The van der Waals surface area contributed by atoms with Crippen LogP contribution in [0.3, 0.4) is 0 Å². The SMILES string of the molecule is CCN(C(=O)C#Cc1ccc2c(c1)OCO2)c1ccc2[nH]ccc2c1. The van der Waals surface area contributed by atoms with Gasteiger partial charge in [0.1, 0.15) is 0 Å². The molecule has 4 rings (SSSR count). The molecule has 0 radical (unpaired) electrons. The van der Waals surface area contributed by atoms with E-state index in [0.29, 0.717) is 18.0 Å². The summed E-state index contributed by atoms with van der Waals surface area (Å²) in [5.41, 5.74) is 2.59. The number of ether oxygens (including phenoxy) is 2. The predicted molar refractivity (Wildman–Crippen MR) is 95.8 cm³/mol. The van der Waals surface area contributed by atoms with Gasteiger partial charge in [0.25, 0.3) is 0 Å². The molecule has 1 amide bonds. The molecule has 0 spiro atoms. The van der Waals surface area contributed by atoms with Gasteiger partial charge in [-0.2, -0.15) is 0 Å². The monoisotopic (exact) mass is 332 g/mol. The number of aromatic nitrogens is 1. The lowest BCUT2D eigenvalue weighted by molar-refractivity contribution is -0.113. The maximum Gasteiger partial charge on any atom is 0.303 e. The van der Waals surface area contributed by atoms with E-state index in [2.05, 4.69) is 16.8 Å². The first-order valence-electron chi connectivity index (χ1n) is 8.05. The van der Waals surface area contributed by atoms with Crippen LogP contribution in [0.5, 0.6) is 11.5 Å². The maximum absolute atomic E-state index is 12.5. The Morgan fingerprint density at radius 2 is 2.04 bits per heavy atom. The number of carbonyl (C=O) groups excluding carboxylic acids is 1. The van der Waals surface area contributed by atoms with Crippen LogP contribution < -0.4 is 14.4 Å². The second kappa shape index (κ2) is 6.25. The molecule has 5 heteroatoms. The van der Waals surface area contributed by atoms with Gasteiger partial charge in [-0.25, -0.2) is 0 Å². The lowest BCUT2D eigenvalue weighted by Gasteiger charge is -2.18. The number of fused-ring (bicyclic) bond motifs is 2. The average molecular weight is 332 g/mol. The van der Waals surface area contributed by atoms with E-state index in [-0.39, 0.29) is 12.7 Å². The van der Waals surface area contributed by atoms with Gasteiger partial charge in [-0.15, -0.1) is 0 Å². The standard InChI is InChI=1S/C20H16N2O3/c1-2-22(16-5-6-17-15(12-16)9-10-21-17)20(23)8-4-14-3-7-18-19(11-14)25-13-24-18/h3,5-7,9-12,21H,2,13H2,1H3. The predicted octanol–water partition coefficient (Wildman–Crippen LogP) is 3.30. The van der Waals surface area contributed by atoms with Crippen LogP contribution in [0.25, 0.3) is 10.9 Å². The highest BCUT2D eigenvalue weighted by molar-refractivity contribution is 6.07. The fraction of sp³-hybridized carbons (Fsp3) is 0.150. The molecule has 1 aromatic heterocycles. The van der Waals surface area contributed by atoms with Gasteiger partial charge >= 0.3 is 5.91 Å². The zero-order chi connectivity index (χ0) is 17.2. The Bertz CT molecular complexity index is 1010. The smallest absolute Gasteiger partial charge is 0.303 e. The zero-order valence-electron chi connectivity index (χ0n) is 13.7. The van der Waals surface area contributed by atoms with E-state index in [4.69, 9.17) is 9.47 Å². The summed E-state index contributed by atoms with van der Waals surface area (Å²) in [6.07, 6.45) is 1.88. The quantitative estimate of drug-likeness (QED) is 0.733. The highest BCUT2D eigenvalue weighted by Gasteiger charge is 2.14. The molecule has 2 aromatic carbocycles. The maximum atomic E-state index is 12.5. The van der Waals surface area contributed by atoms with Crippen LogP contribution >= 0.6 is 0 Å². The molecule has 0 atom stereocenters. The summed E-state index contributed by atoms with van der Waals surface area (Å²) >= 11 is 0. The average Bonchev–Trinajstić information content (AvgIpc) is 3.28. The molecule has 3 aromatic rings. The van der Waals surface area contributed by atoms with E-state index in [9.17, 15) is 4.79 Å². The summed E-state index contributed by atoms with van der Waals surface area (Å²) in [5.74, 6) is 6.74. The fourth-order valence-electron chi connectivity index (χ4n) is 2.82. The van der Waals surface area contributed by atoms with E-state index in [1.807, 2.05) is 43.5 Å². The van der Waals surface area contributed by atoms with E-state index >= 15 is 0 Å². The number of anilines is 1. The first-order chi connectivity index (χ1) is 12.2. The third-order valence-electron chi connectivity index (χ3n) is 4.10. The van der Waals surface area contributed by atoms with Gasteiger partial charge in [0.15, 0.2) is 11.5 Å². The Morgan fingerprint density at radius 3 is 2.92 bits per heavy atom. The van der Waals surface area contributed by atoms with Crippen LogP contribution in [0.15, 0.2) is 48.7 Å². The van der Waals surface area contributed by atoms with Crippen molar-refractivity contribution in [3.8, 4) is 23.3 Å². The number of nitrogens with zero attached hydrogens (tertiary/aromatic N) is 1. The third kappa shape index (κ3) is 2.90. The van der Waals surface area contributed by atoms with E-state index in [0.717, 1.165) is 22.2 Å². The summed E-state index contributed by atoms with van der Waals surface area (Å²) in [4.78, 5) is 17.4. The largest absolute Gasteiger partial charge is 0.454 e. The van der Waals surface area contributed by atoms with E-state index in [1.165, 1.54) is 0 Å². The molecule has 5 nitrogen and oxygen atoms in total. The molecule has 0 bridgehead atoms. The Balaban J connectivity index is 1.58. The van der Waals surface area contributed by atoms with Crippen LogP contribution in [0, 0.1) is 11.8 Å². The first kappa shape index (κ1) is 15.2. The minimum absolute atomic E-state index is 0.219. The van der Waals surface area contributed by atoms with Crippen molar-refractivity contribution >= 4 is 22.5 Å².